The topological polar surface area (TPSA) is 61.4 Å². The minimum absolute atomic E-state index is 0.165. The number of likely N-dealkylation sites (N-methyl/N-ethyl adjacent to an activating group) is 1. The van der Waals surface area contributed by atoms with E-state index in [0.717, 1.165) is 6.07 Å². The van der Waals surface area contributed by atoms with Crippen LogP contribution in [0.1, 0.15) is 22.3 Å². The van der Waals surface area contributed by atoms with Crippen molar-refractivity contribution in [1.29, 1.82) is 0 Å². The Balaban J connectivity index is 2.19. The summed E-state index contributed by atoms with van der Waals surface area (Å²) in [5.74, 6) is -1.94. The van der Waals surface area contributed by atoms with Crippen LogP contribution in [0.5, 0.6) is 0 Å². The summed E-state index contributed by atoms with van der Waals surface area (Å²) >= 11 is 0. The van der Waals surface area contributed by atoms with Crippen LogP contribution in [0.3, 0.4) is 0 Å². The molecule has 2 N–H and O–H groups in total. The Bertz CT molecular complexity index is 661. The van der Waals surface area contributed by atoms with E-state index in [1.807, 2.05) is 0 Å². The molecule has 1 aliphatic rings. The lowest BCUT2D eigenvalue weighted by molar-refractivity contribution is -0.127. The van der Waals surface area contributed by atoms with Gasteiger partial charge in [-0.1, -0.05) is 0 Å². The van der Waals surface area contributed by atoms with Gasteiger partial charge in [-0.3, -0.25) is 9.59 Å². The highest BCUT2D eigenvalue weighted by Crippen LogP contribution is 2.24. The number of hydrogen-bond acceptors (Lipinski definition) is 3. The zero-order valence-corrected chi connectivity index (χ0v) is 13.1. The highest BCUT2D eigenvalue weighted by Gasteiger charge is 2.30. The normalized spacial score (nSPS) is 18.0. The summed E-state index contributed by atoms with van der Waals surface area (Å²) < 4.78 is 50.5. The van der Waals surface area contributed by atoms with Crippen LogP contribution < -0.4 is 10.6 Å². The second kappa shape index (κ2) is 6.66. The zero-order chi connectivity index (χ0) is 18.1. The Morgan fingerprint density at radius 3 is 2.58 bits per heavy atom. The molecule has 1 aromatic rings. The highest BCUT2D eigenvalue weighted by molar-refractivity contribution is 5.96. The minimum Gasteiger partial charge on any atom is -0.373 e. The monoisotopic (exact) mass is 347 g/mol. The number of alkyl halides is 3. The molecule has 24 heavy (non-hydrogen) atoms. The van der Waals surface area contributed by atoms with Crippen LogP contribution in [-0.2, 0) is 4.79 Å². The van der Waals surface area contributed by atoms with Gasteiger partial charge < -0.3 is 15.5 Å². The van der Waals surface area contributed by atoms with Crippen LogP contribution in [0.15, 0.2) is 12.1 Å². The number of carbonyl (C=O) groups excluding carboxylic acids is 2. The highest BCUT2D eigenvalue weighted by atomic mass is 19.4. The molecule has 5 nitrogen and oxygen atoms in total. The molecule has 1 atom stereocenters. The van der Waals surface area contributed by atoms with Crippen molar-refractivity contribution in [2.24, 2.45) is 0 Å². The van der Waals surface area contributed by atoms with Crippen molar-refractivity contribution in [3.05, 3.63) is 29.1 Å². The van der Waals surface area contributed by atoms with Crippen LogP contribution in [0.4, 0.5) is 23.2 Å². The van der Waals surface area contributed by atoms with Gasteiger partial charge in [0.2, 0.25) is 5.91 Å². The number of hydrogen-bond donors (Lipinski definition) is 2. The minimum atomic E-state index is -4.55. The molecule has 0 saturated carbocycles. The van der Waals surface area contributed by atoms with Crippen molar-refractivity contribution >= 4 is 17.5 Å². The second-order valence-corrected chi connectivity index (χ2v) is 5.67. The number of benzene rings is 1. The molecule has 2 amide bonds. The first-order valence-electron chi connectivity index (χ1n) is 7.25. The molecule has 9 heteroatoms. The lowest BCUT2D eigenvalue weighted by Gasteiger charge is -2.17. The molecule has 0 aromatic heterocycles. The Kier molecular flexibility index (Phi) is 5.00. The van der Waals surface area contributed by atoms with Crippen LogP contribution >= 0.6 is 0 Å². The van der Waals surface area contributed by atoms with E-state index in [1.54, 1.807) is 12.4 Å². The zero-order valence-electron chi connectivity index (χ0n) is 13.1. The standard InChI is InChI=1S/C15H17F4N3O2/c1-8-10(16)5-9(13(23)20-7-15(17,18)19)6-12(8)21-11-3-4-22(2)14(11)24/h5-6,11,21H,3-4,7H2,1-2H3,(H,20,23). The van der Waals surface area contributed by atoms with Gasteiger partial charge in [-0.25, -0.2) is 4.39 Å². The maximum atomic E-state index is 14.0. The first-order chi connectivity index (χ1) is 11.1. The third-order valence-corrected chi connectivity index (χ3v) is 3.81. The van der Waals surface area contributed by atoms with Crippen molar-refractivity contribution in [3.63, 3.8) is 0 Å². The number of likely N-dealkylation sites (tertiary alicyclic amines) is 1. The number of carbonyl (C=O) groups is 2. The molecule has 0 bridgehead atoms. The van der Waals surface area contributed by atoms with Gasteiger partial charge in [0.25, 0.3) is 5.91 Å². The summed E-state index contributed by atoms with van der Waals surface area (Å²) in [6, 6.07) is 1.56. The molecule has 1 aromatic carbocycles. The Labute approximate surface area is 136 Å². The van der Waals surface area contributed by atoms with E-state index in [0.29, 0.717) is 13.0 Å². The first kappa shape index (κ1) is 18.0. The maximum absolute atomic E-state index is 14.0. The van der Waals surface area contributed by atoms with Crippen LogP contribution in [0.25, 0.3) is 0 Å². The molecule has 1 heterocycles. The van der Waals surface area contributed by atoms with Crippen LogP contribution in [-0.4, -0.2) is 49.1 Å². The van der Waals surface area contributed by atoms with Gasteiger partial charge in [-0.15, -0.1) is 0 Å². The molecule has 1 fully saturated rings. The van der Waals surface area contributed by atoms with E-state index in [1.165, 1.54) is 17.9 Å². The summed E-state index contributed by atoms with van der Waals surface area (Å²) in [6.45, 7) is 0.498. The summed E-state index contributed by atoms with van der Waals surface area (Å²) in [7, 11) is 1.64. The second-order valence-electron chi connectivity index (χ2n) is 5.67. The van der Waals surface area contributed by atoms with E-state index < -0.39 is 30.5 Å². The lowest BCUT2D eigenvalue weighted by Crippen LogP contribution is -2.34. The molecule has 2 rings (SSSR count). The molecule has 0 radical (unpaired) electrons. The molecule has 0 spiro atoms. The van der Waals surface area contributed by atoms with E-state index in [2.05, 4.69) is 5.32 Å². The summed E-state index contributed by atoms with van der Waals surface area (Å²) in [6.07, 6.45) is -4.04. The van der Waals surface area contributed by atoms with Crippen molar-refractivity contribution in [3.8, 4) is 0 Å². The molecule has 0 aliphatic carbocycles. The fraction of sp³-hybridized carbons (Fsp3) is 0.467. The number of halogens is 4. The van der Waals surface area contributed by atoms with Gasteiger partial charge in [0.1, 0.15) is 18.4 Å². The van der Waals surface area contributed by atoms with Gasteiger partial charge >= 0.3 is 6.18 Å². The number of nitrogens with zero attached hydrogens (tertiary/aromatic N) is 1. The summed E-state index contributed by atoms with van der Waals surface area (Å²) in [5.41, 5.74) is 0.147. The molecular formula is C15H17F4N3O2. The fourth-order valence-corrected chi connectivity index (χ4v) is 2.39. The van der Waals surface area contributed by atoms with Crippen molar-refractivity contribution in [2.75, 3.05) is 25.5 Å². The Morgan fingerprint density at radius 2 is 2.04 bits per heavy atom. The van der Waals surface area contributed by atoms with Crippen LogP contribution in [0.2, 0.25) is 0 Å². The van der Waals surface area contributed by atoms with Gasteiger partial charge in [0.05, 0.1) is 0 Å². The lowest BCUT2D eigenvalue weighted by atomic mass is 10.1. The predicted octanol–water partition coefficient (Wildman–Crippen LogP) is 2.07. The van der Waals surface area contributed by atoms with Gasteiger partial charge in [-0.05, 0) is 25.5 Å². The first-order valence-corrected chi connectivity index (χ1v) is 7.25. The Hall–Kier alpha value is -2.32. The molecule has 1 saturated heterocycles. The predicted molar refractivity (Wildman–Crippen MR) is 79.2 cm³/mol. The van der Waals surface area contributed by atoms with E-state index in [-0.39, 0.29) is 22.7 Å². The van der Waals surface area contributed by atoms with E-state index in [4.69, 9.17) is 0 Å². The third kappa shape index (κ3) is 4.15. The molecule has 1 unspecified atom stereocenters. The quantitative estimate of drug-likeness (QED) is 0.820. The van der Waals surface area contributed by atoms with Crippen molar-refractivity contribution < 1.29 is 27.2 Å². The smallest absolute Gasteiger partial charge is 0.373 e. The average Bonchev–Trinajstić information content (AvgIpc) is 2.80. The third-order valence-electron chi connectivity index (χ3n) is 3.81. The van der Waals surface area contributed by atoms with Crippen molar-refractivity contribution in [2.45, 2.75) is 25.6 Å². The summed E-state index contributed by atoms with van der Waals surface area (Å²) in [4.78, 5) is 25.2. The SMILES string of the molecule is Cc1c(F)cc(C(=O)NCC(F)(F)F)cc1NC1CCN(C)C1=O. The largest absolute Gasteiger partial charge is 0.405 e. The van der Waals surface area contributed by atoms with Gasteiger partial charge in [-0.2, -0.15) is 13.2 Å². The average molecular weight is 347 g/mol. The van der Waals surface area contributed by atoms with Crippen molar-refractivity contribution in [1.82, 2.24) is 10.2 Å². The number of nitrogens with one attached hydrogen (secondary N) is 2. The molecule has 1 aliphatic heterocycles. The fourth-order valence-electron chi connectivity index (χ4n) is 2.39. The maximum Gasteiger partial charge on any atom is 0.405 e. The number of rotatable bonds is 4. The van der Waals surface area contributed by atoms with Gasteiger partial charge in [0.15, 0.2) is 0 Å². The van der Waals surface area contributed by atoms with Gasteiger partial charge in [0, 0.05) is 30.4 Å². The van der Waals surface area contributed by atoms with E-state index in [9.17, 15) is 27.2 Å². The van der Waals surface area contributed by atoms with Crippen LogP contribution in [0, 0.1) is 12.7 Å². The molecular weight excluding hydrogens is 330 g/mol. The summed E-state index contributed by atoms with van der Waals surface area (Å²) in [5, 5.41) is 4.55. The number of amides is 2. The molecule has 132 valence electrons. The number of anilines is 1. The van der Waals surface area contributed by atoms with E-state index >= 15 is 0 Å². The Morgan fingerprint density at radius 1 is 1.38 bits per heavy atom.